The number of urea groups is 1. The molecule has 6 nitrogen and oxygen atoms in total. The smallest absolute Gasteiger partial charge is 0.329 e. The summed E-state index contributed by atoms with van der Waals surface area (Å²) in [5, 5.41) is 3.22. The van der Waals surface area contributed by atoms with Gasteiger partial charge in [-0.3, -0.25) is 9.79 Å². The Morgan fingerprint density at radius 3 is 2.46 bits per heavy atom. The maximum atomic E-state index is 11.9. The summed E-state index contributed by atoms with van der Waals surface area (Å²) in [5.41, 5.74) is 3.83. The molecule has 28 heavy (non-hydrogen) atoms. The van der Waals surface area contributed by atoms with Crippen LogP contribution in [-0.2, 0) is 4.79 Å². The maximum absolute atomic E-state index is 11.9. The Morgan fingerprint density at radius 2 is 1.86 bits per heavy atom. The van der Waals surface area contributed by atoms with Gasteiger partial charge in [0, 0.05) is 30.6 Å². The van der Waals surface area contributed by atoms with Crippen molar-refractivity contribution in [3.05, 3.63) is 64.2 Å². The number of anilines is 1. The summed E-state index contributed by atoms with van der Waals surface area (Å²) < 4.78 is 0. The Bertz CT molecular complexity index is 941. The summed E-state index contributed by atoms with van der Waals surface area (Å²) in [6.45, 7) is 0.653. The van der Waals surface area contributed by atoms with E-state index in [4.69, 9.17) is 16.6 Å². The highest BCUT2D eigenvalue weighted by molar-refractivity contribution is 6.30. The first-order valence-electron chi connectivity index (χ1n) is 8.68. The number of imide groups is 1. The molecule has 8 heteroatoms. The second-order valence-corrected chi connectivity index (χ2v) is 7.26. The average molecular weight is 419 g/mol. The van der Waals surface area contributed by atoms with Crippen LogP contribution in [0.5, 0.6) is 0 Å². The third kappa shape index (κ3) is 3.45. The summed E-state index contributed by atoms with van der Waals surface area (Å²) in [5.74, 6) is 0.760. The summed E-state index contributed by atoms with van der Waals surface area (Å²) in [6.07, 6.45) is 0. The molecule has 2 aliphatic heterocycles. The van der Waals surface area contributed by atoms with Crippen molar-refractivity contribution >= 4 is 47.5 Å². The number of benzene rings is 2. The molecule has 2 aromatic carbocycles. The zero-order chi connectivity index (χ0) is 19.1. The van der Waals surface area contributed by atoms with E-state index in [1.807, 2.05) is 49.3 Å². The van der Waals surface area contributed by atoms with E-state index in [1.54, 1.807) is 12.1 Å². The van der Waals surface area contributed by atoms with Crippen molar-refractivity contribution in [3.8, 4) is 0 Å². The van der Waals surface area contributed by atoms with Gasteiger partial charge in [0.05, 0.1) is 18.8 Å². The first-order chi connectivity index (χ1) is 13.0. The number of halogens is 2. The van der Waals surface area contributed by atoms with Crippen LogP contribution in [0, 0.1) is 0 Å². The molecule has 1 N–H and O–H groups in total. The fourth-order valence-corrected chi connectivity index (χ4v) is 3.77. The molecule has 2 heterocycles. The monoisotopic (exact) mass is 418 g/mol. The van der Waals surface area contributed by atoms with Crippen LogP contribution in [0.1, 0.15) is 22.6 Å². The van der Waals surface area contributed by atoms with Crippen LogP contribution >= 0.6 is 24.0 Å². The predicted molar refractivity (Wildman–Crippen MR) is 113 cm³/mol. The van der Waals surface area contributed by atoms with Gasteiger partial charge in [-0.25, -0.2) is 9.69 Å². The third-order valence-corrected chi connectivity index (χ3v) is 5.11. The lowest BCUT2D eigenvalue weighted by atomic mass is 9.85. The van der Waals surface area contributed by atoms with Crippen LogP contribution < -0.4 is 10.2 Å². The van der Waals surface area contributed by atoms with E-state index in [0.717, 1.165) is 27.4 Å². The summed E-state index contributed by atoms with van der Waals surface area (Å²) in [4.78, 5) is 31.6. The molecule has 1 saturated heterocycles. The highest BCUT2D eigenvalue weighted by Crippen LogP contribution is 2.34. The lowest BCUT2D eigenvalue weighted by molar-refractivity contribution is -0.115. The largest absolute Gasteiger partial charge is 0.363 e. The summed E-state index contributed by atoms with van der Waals surface area (Å²) in [7, 11) is 3.95. The fraction of sp³-hybridized carbons (Fsp3) is 0.250. The van der Waals surface area contributed by atoms with Crippen molar-refractivity contribution in [3.63, 3.8) is 0 Å². The van der Waals surface area contributed by atoms with Gasteiger partial charge in [0.15, 0.2) is 0 Å². The number of hydrogen-bond donors (Lipinski definition) is 1. The Kier molecular flexibility index (Phi) is 5.63. The maximum Gasteiger partial charge on any atom is 0.329 e. The van der Waals surface area contributed by atoms with Gasteiger partial charge in [0.2, 0.25) is 0 Å². The van der Waals surface area contributed by atoms with Gasteiger partial charge in [-0.05, 0) is 41.5 Å². The molecule has 0 aliphatic carbocycles. The Hall–Kier alpha value is -2.57. The lowest BCUT2D eigenvalue weighted by Crippen LogP contribution is -2.31. The average Bonchev–Trinajstić information content (AvgIpc) is 2.99. The molecule has 146 valence electrons. The molecule has 1 atom stereocenters. The second-order valence-electron chi connectivity index (χ2n) is 6.82. The van der Waals surface area contributed by atoms with E-state index in [-0.39, 0.29) is 36.8 Å². The molecule has 4 rings (SSSR count). The van der Waals surface area contributed by atoms with Crippen LogP contribution in [-0.4, -0.2) is 49.9 Å². The molecule has 3 amide bonds. The van der Waals surface area contributed by atoms with E-state index in [1.165, 1.54) is 0 Å². The van der Waals surface area contributed by atoms with Crippen LogP contribution in [0.4, 0.5) is 10.5 Å². The van der Waals surface area contributed by atoms with Crippen LogP contribution in [0.3, 0.4) is 0 Å². The lowest BCUT2D eigenvalue weighted by Gasteiger charge is -2.28. The van der Waals surface area contributed by atoms with E-state index in [9.17, 15) is 9.59 Å². The zero-order valence-corrected chi connectivity index (χ0v) is 17.0. The molecule has 1 unspecified atom stereocenters. The molecule has 0 radical (unpaired) electrons. The van der Waals surface area contributed by atoms with Gasteiger partial charge in [-0.15, -0.1) is 12.4 Å². The quantitative estimate of drug-likeness (QED) is 0.760. The first kappa shape index (κ1) is 20.2. The number of hydrogen-bond acceptors (Lipinski definition) is 4. The Labute approximate surface area is 174 Å². The minimum atomic E-state index is -0.386. The summed E-state index contributed by atoms with van der Waals surface area (Å²) >= 11 is 6.26. The Morgan fingerprint density at radius 1 is 1.14 bits per heavy atom. The van der Waals surface area contributed by atoms with Crippen LogP contribution in [0.25, 0.3) is 0 Å². The van der Waals surface area contributed by atoms with Gasteiger partial charge in [0.1, 0.15) is 5.84 Å². The van der Waals surface area contributed by atoms with Gasteiger partial charge in [-0.1, -0.05) is 23.7 Å². The van der Waals surface area contributed by atoms with Crippen molar-refractivity contribution in [1.29, 1.82) is 0 Å². The molecule has 0 aromatic heterocycles. The normalized spacial score (nSPS) is 18.2. The molecule has 2 aromatic rings. The standard InChI is InChI=1S/C20H19ClN4O2.ClH/c1-24(2)19-15-8-5-13(21)9-16(15)17(10-22-19)12-3-6-14(7-4-12)25-18(26)11-23-20(25)27;/h3-9,17H,10-11H2,1-2H3,(H,23,27);1H. The van der Waals surface area contributed by atoms with Crippen molar-refractivity contribution in [1.82, 2.24) is 10.2 Å². The SMILES string of the molecule is CN(C)C1=NCC(c2ccc(N3C(=O)CNC3=O)cc2)c2cc(Cl)ccc21.Cl. The van der Waals surface area contributed by atoms with Crippen LogP contribution in [0.2, 0.25) is 5.02 Å². The number of nitrogens with one attached hydrogen (secondary N) is 1. The molecule has 2 aliphatic rings. The predicted octanol–water partition coefficient (Wildman–Crippen LogP) is 3.27. The van der Waals surface area contributed by atoms with Crippen molar-refractivity contribution in [2.75, 3.05) is 32.1 Å². The topological polar surface area (TPSA) is 65.0 Å². The number of rotatable bonds is 2. The van der Waals surface area contributed by atoms with E-state index < -0.39 is 0 Å². The molecular formula is C20H20Cl2N4O2. The number of nitrogens with zero attached hydrogens (tertiary/aromatic N) is 3. The van der Waals surface area contributed by atoms with Crippen molar-refractivity contribution in [2.45, 2.75) is 5.92 Å². The van der Waals surface area contributed by atoms with E-state index >= 15 is 0 Å². The number of amidine groups is 1. The van der Waals surface area contributed by atoms with E-state index in [0.29, 0.717) is 17.3 Å². The van der Waals surface area contributed by atoms with Gasteiger partial charge in [0.25, 0.3) is 5.91 Å². The van der Waals surface area contributed by atoms with Crippen LogP contribution in [0.15, 0.2) is 47.5 Å². The number of amides is 3. The molecule has 1 fully saturated rings. The van der Waals surface area contributed by atoms with Gasteiger partial charge < -0.3 is 10.2 Å². The molecule has 0 saturated carbocycles. The fourth-order valence-electron chi connectivity index (χ4n) is 3.59. The number of fused-ring (bicyclic) bond motifs is 1. The van der Waals surface area contributed by atoms with Crippen molar-refractivity contribution in [2.24, 2.45) is 4.99 Å². The van der Waals surface area contributed by atoms with Gasteiger partial charge in [-0.2, -0.15) is 0 Å². The highest BCUT2D eigenvalue weighted by Gasteiger charge is 2.30. The van der Waals surface area contributed by atoms with Gasteiger partial charge >= 0.3 is 6.03 Å². The minimum absolute atomic E-state index is 0. The number of aliphatic imine (C=N–C) groups is 1. The summed E-state index contributed by atoms with van der Waals surface area (Å²) in [6, 6.07) is 13.0. The molecule has 0 spiro atoms. The second kappa shape index (κ2) is 7.81. The Balaban J connectivity index is 0.00000225. The molecular weight excluding hydrogens is 399 g/mol. The first-order valence-corrected chi connectivity index (χ1v) is 9.06. The zero-order valence-electron chi connectivity index (χ0n) is 15.5. The third-order valence-electron chi connectivity index (χ3n) is 4.87. The minimum Gasteiger partial charge on any atom is -0.363 e. The molecule has 0 bridgehead atoms. The van der Waals surface area contributed by atoms with Crippen molar-refractivity contribution < 1.29 is 9.59 Å². The number of carbonyl (C=O) groups excluding carboxylic acids is 2. The van der Waals surface area contributed by atoms with E-state index in [2.05, 4.69) is 5.32 Å². The number of carbonyl (C=O) groups is 2. The highest BCUT2D eigenvalue weighted by atomic mass is 35.5.